The number of amides is 1. The Morgan fingerprint density at radius 3 is 2.88 bits per heavy atom. The van der Waals surface area contributed by atoms with Crippen molar-refractivity contribution in [1.29, 1.82) is 0 Å². The summed E-state index contributed by atoms with van der Waals surface area (Å²) in [7, 11) is 1.68. The van der Waals surface area contributed by atoms with Crippen molar-refractivity contribution in [2.24, 2.45) is 0 Å². The number of Topliss-reactive ketones (excluding diaryl/α,β-unsaturated/α-hetero) is 1. The third kappa shape index (κ3) is 4.34. The average molecular weight is 371 g/mol. The SMILES string of the molecule is CC(=O)c1cccc(OCc2cc(C(=O)N(C)Cc3nccs3)no2)c1. The molecule has 3 rings (SSSR count). The van der Waals surface area contributed by atoms with Gasteiger partial charge in [0.25, 0.3) is 5.91 Å². The number of rotatable bonds is 7. The van der Waals surface area contributed by atoms with Crippen molar-refractivity contribution in [3.05, 3.63) is 63.9 Å². The lowest BCUT2D eigenvalue weighted by Crippen LogP contribution is -2.26. The molecule has 0 saturated heterocycles. The first-order valence-electron chi connectivity index (χ1n) is 7.86. The molecule has 0 radical (unpaired) electrons. The van der Waals surface area contributed by atoms with Gasteiger partial charge in [0.1, 0.15) is 17.4 Å². The molecule has 3 aromatic rings. The van der Waals surface area contributed by atoms with E-state index in [9.17, 15) is 9.59 Å². The number of carbonyl (C=O) groups excluding carboxylic acids is 2. The van der Waals surface area contributed by atoms with Gasteiger partial charge < -0.3 is 14.2 Å². The Labute approximate surface area is 154 Å². The lowest BCUT2D eigenvalue weighted by molar-refractivity contribution is 0.0774. The molecule has 0 atom stereocenters. The first-order valence-corrected chi connectivity index (χ1v) is 8.74. The third-order valence-electron chi connectivity index (χ3n) is 3.60. The summed E-state index contributed by atoms with van der Waals surface area (Å²) in [5, 5.41) is 6.51. The maximum atomic E-state index is 12.4. The fourth-order valence-corrected chi connectivity index (χ4v) is 2.91. The number of aromatic nitrogens is 2. The van der Waals surface area contributed by atoms with Crippen LogP contribution in [-0.4, -0.2) is 33.8 Å². The van der Waals surface area contributed by atoms with E-state index in [0.29, 0.717) is 23.6 Å². The molecule has 0 aliphatic carbocycles. The average Bonchev–Trinajstić information content (AvgIpc) is 3.31. The molecule has 7 nitrogen and oxygen atoms in total. The van der Waals surface area contributed by atoms with Crippen LogP contribution in [0.4, 0.5) is 0 Å². The van der Waals surface area contributed by atoms with Gasteiger partial charge in [-0.2, -0.15) is 0 Å². The van der Waals surface area contributed by atoms with E-state index in [0.717, 1.165) is 5.01 Å². The van der Waals surface area contributed by atoms with Gasteiger partial charge in [0.15, 0.2) is 17.2 Å². The van der Waals surface area contributed by atoms with Gasteiger partial charge in [-0.1, -0.05) is 17.3 Å². The summed E-state index contributed by atoms with van der Waals surface area (Å²) in [5.74, 6) is 0.673. The summed E-state index contributed by atoms with van der Waals surface area (Å²) < 4.78 is 10.8. The zero-order chi connectivity index (χ0) is 18.5. The maximum absolute atomic E-state index is 12.4. The van der Waals surface area contributed by atoms with E-state index in [1.165, 1.54) is 23.2 Å². The highest BCUT2D eigenvalue weighted by Crippen LogP contribution is 2.17. The van der Waals surface area contributed by atoms with Crippen LogP contribution in [0.3, 0.4) is 0 Å². The first-order chi connectivity index (χ1) is 12.5. The summed E-state index contributed by atoms with van der Waals surface area (Å²) in [4.78, 5) is 29.5. The predicted octanol–water partition coefficient (Wildman–Crippen LogP) is 3.18. The number of hydrogen-bond donors (Lipinski definition) is 0. The molecule has 1 amide bonds. The van der Waals surface area contributed by atoms with Crippen LogP contribution < -0.4 is 4.74 Å². The molecule has 0 bridgehead atoms. The van der Waals surface area contributed by atoms with Crippen molar-refractivity contribution in [3.8, 4) is 5.75 Å². The van der Waals surface area contributed by atoms with E-state index < -0.39 is 0 Å². The Hall–Kier alpha value is -3.00. The zero-order valence-electron chi connectivity index (χ0n) is 14.3. The van der Waals surface area contributed by atoms with Gasteiger partial charge in [0, 0.05) is 30.3 Å². The quantitative estimate of drug-likeness (QED) is 0.593. The lowest BCUT2D eigenvalue weighted by Gasteiger charge is -2.13. The maximum Gasteiger partial charge on any atom is 0.276 e. The molecule has 2 heterocycles. The van der Waals surface area contributed by atoms with E-state index in [4.69, 9.17) is 9.26 Å². The van der Waals surface area contributed by atoms with Crippen molar-refractivity contribution in [2.75, 3.05) is 7.05 Å². The summed E-state index contributed by atoms with van der Waals surface area (Å²) in [6.07, 6.45) is 1.70. The highest BCUT2D eigenvalue weighted by Gasteiger charge is 2.18. The molecule has 26 heavy (non-hydrogen) atoms. The minimum absolute atomic E-state index is 0.0359. The number of nitrogens with zero attached hydrogens (tertiary/aromatic N) is 3. The summed E-state index contributed by atoms with van der Waals surface area (Å²) in [5.41, 5.74) is 0.778. The minimum Gasteiger partial charge on any atom is -0.486 e. The van der Waals surface area contributed by atoms with Gasteiger partial charge in [-0.25, -0.2) is 4.98 Å². The predicted molar refractivity (Wildman–Crippen MR) is 95.2 cm³/mol. The molecule has 0 spiro atoms. The molecule has 134 valence electrons. The number of thiazole rings is 1. The molecule has 2 aromatic heterocycles. The second kappa shape index (κ2) is 7.92. The van der Waals surface area contributed by atoms with Crippen LogP contribution in [0.15, 0.2) is 46.4 Å². The monoisotopic (exact) mass is 371 g/mol. The van der Waals surface area contributed by atoms with E-state index in [1.807, 2.05) is 5.38 Å². The third-order valence-corrected chi connectivity index (χ3v) is 4.37. The first kappa shape index (κ1) is 17.8. The molecule has 0 N–H and O–H groups in total. The van der Waals surface area contributed by atoms with E-state index >= 15 is 0 Å². The Balaban J connectivity index is 1.60. The van der Waals surface area contributed by atoms with Crippen molar-refractivity contribution in [2.45, 2.75) is 20.1 Å². The smallest absolute Gasteiger partial charge is 0.276 e. The number of benzene rings is 1. The van der Waals surface area contributed by atoms with E-state index in [1.54, 1.807) is 43.6 Å². The van der Waals surface area contributed by atoms with Crippen LogP contribution in [0.1, 0.15) is 38.5 Å². The van der Waals surface area contributed by atoms with Crippen LogP contribution in [-0.2, 0) is 13.2 Å². The molecular weight excluding hydrogens is 354 g/mol. The van der Waals surface area contributed by atoms with Gasteiger partial charge in [-0.15, -0.1) is 11.3 Å². The van der Waals surface area contributed by atoms with Gasteiger partial charge in [0.05, 0.1) is 6.54 Å². The molecule has 1 aromatic carbocycles. The summed E-state index contributed by atoms with van der Waals surface area (Å²) in [6, 6.07) is 8.42. The molecule has 0 aliphatic rings. The second-order valence-corrected chi connectivity index (χ2v) is 6.62. The topological polar surface area (TPSA) is 85.5 Å². The molecule has 0 fully saturated rings. The Kier molecular flexibility index (Phi) is 5.43. The van der Waals surface area contributed by atoms with Crippen LogP contribution in [0.2, 0.25) is 0 Å². The Morgan fingerprint density at radius 1 is 1.31 bits per heavy atom. The molecule has 0 unspecified atom stereocenters. The minimum atomic E-state index is -0.256. The number of ether oxygens (including phenoxy) is 1. The normalized spacial score (nSPS) is 10.5. The van der Waals surface area contributed by atoms with Gasteiger partial charge in [-0.05, 0) is 19.1 Å². The molecule has 0 aliphatic heterocycles. The van der Waals surface area contributed by atoms with Crippen molar-refractivity contribution in [1.82, 2.24) is 15.0 Å². The lowest BCUT2D eigenvalue weighted by atomic mass is 10.1. The highest BCUT2D eigenvalue weighted by molar-refractivity contribution is 7.09. The van der Waals surface area contributed by atoms with E-state index in [2.05, 4.69) is 10.1 Å². The van der Waals surface area contributed by atoms with E-state index in [-0.39, 0.29) is 24.0 Å². The fourth-order valence-electron chi connectivity index (χ4n) is 2.24. The molecular formula is C18H17N3O4S. The van der Waals surface area contributed by atoms with Crippen molar-refractivity contribution < 1.29 is 18.8 Å². The van der Waals surface area contributed by atoms with Crippen LogP contribution in [0, 0.1) is 0 Å². The second-order valence-electron chi connectivity index (χ2n) is 5.64. The van der Waals surface area contributed by atoms with Gasteiger partial charge in [-0.3, -0.25) is 9.59 Å². The largest absolute Gasteiger partial charge is 0.486 e. The fraction of sp³-hybridized carbons (Fsp3) is 0.222. The number of carbonyl (C=O) groups is 2. The Bertz CT molecular complexity index is 905. The Morgan fingerprint density at radius 2 is 2.15 bits per heavy atom. The van der Waals surface area contributed by atoms with Crippen molar-refractivity contribution >= 4 is 23.0 Å². The number of ketones is 1. The number of hydrogen-bond acceptors (Lipinski definition) is 7. The van der Waals surface area contributed by atoms with Gasteiger partial charge in [0.2, 0.25) is 0 Å². The molecule has 0 saturated carbocycles. The van der Waals surface area contributed by atoms with Crippen LogP contribution in [0.5, 0.6) is 5.75 Å². The van der Waals surface area contributed by atoms with Crippen molar-refractivity contribution in [3.63, 3.8) is 0 Å². The summed E-state index contributed by atoms with van der Waals surface area (Å²) in [6.45, 7) is 2.01. The molecule has 8 heteroatoms. The highest BCUT2D eigenvalue weighted by atomic mass is 32.1. The summed E-state index contributed by atoms with van der Waals surface area (Å²) >= 11 is 1.49. The van der Waals surface area contributed by atoms with Crippen LogP contribution >= 0.6 is 11.3 Å². The standard InChI is InChI=1S/C18H17N3O4S/c1-12(22)13-4-3-5-14(8-13)24-11-15-9-16(20-25-15)18(23)21(2)10-17-19-6-7-26-17/h3-9H,10-11H2,1-2H3. The zero-order valence-corrected chi connectivity index (χ0v) is 15.2. The van der Waals surface area contributed by atoms with Gasteiger partial charge >= 0.3 is 0 Å². The van der Waals surface area contributed by atoms with Crippen LogP contribution in [0.25, 0.3) is 0 Å².